The molecule has 0 spiro atoms. The van der Waals surface area contributed by atoms with Crippen molar-refractivity contribution < 1.29 is 4.42 Å². The van der Waals surface area contributed by atoms with Crippen LogP contribution >= 0.6 is 11.3 Å². The van der Waals surface area contributed by atoms with Crippen LogP contribution in [-0.2, 0) is 0 Å². The Morgan fingerprint density at radius 2 is 1.22 bits per heavy atom. The molecule has 3 nitrogen and oxygen atoms in total. The van der Waals surface area contributed by atoms with Crippen molar-refractivity contribution in [3.05, 3.63) is 158 Å². The molecule has 0 aliphatic heterocycles. The lowest BCUT2D eigenvalue weighted by molar-refractivity contribution is 0.623. The Kier molecular flexibility index (Phi) is 6.00. The van der Waals surface area contributed by atoms with E-state index in [-0.39, 0.29) is 0 Å². The largest absolute Gasteiger partial charge is 0.435 e. The highest BCUT2D eigenvalue weighted by molar-refractivity contribution is 7.25. The van der Waals surface area contributed by atoms with Crippen molar-refractivity contribution in [2.45, 2.75) is 0 Å². The molecule has 9 rings (SSSR count). The zero-order chi connectivity index (χ0) is 29.7. The van der Waals surface area contributed by atoms with Crippen molar-refractivity contribution >= 4 is 70.4 Å². The number of nitrogens with zero attached hydrogens (tertiary/aromatic N) is 2. The van der Waals surface area contributed by atoms with Gasteiger partial charge in [-0.25, -0.2) is 4.98 Å². The second kappa shape index (κ2) is 10.5. The van der Waals surface area contributed by atoms with E-state index in [2.05, 4.69) is 132 Å². The van der Waals surface area contributed by atoms with Crippen LogP contribution in [0.1, 0.15) is 0 Å². The fourth-order valence-corrected chi connectivity index (χ4v) is 7.50. The molecule has 9 aromatic rings. The van der Waals surface area contributed by atoms with Crippen LogP contribution in [0.4, 0.5) is 17.1 Å². The fourth-order valence-electron chi connectivity index (χ4n) is 6.36. The van der Waals surface area contributed by atoms with E-state index in [0.717, 1.165) is 50.1 Å². The maximum Gasteiger partial charge on any atom is 0.227 e. The molecule has 0 atom stereocenters. The lowest BCUT2D eigenvalue weighted by Gasteiger charge is -2.27. The number of aromatic nitrogens is 1. The van der Waals surface area contributed by atoms with Gasteiger partial charge < -0.3 is 9.32 Å². The molecule has 0 radical (unpaired) electrons. The number of thiophene rings is 1. The van der Waals surface area contributed by atoms with Gasteiger partial charge in [0, 0.05) is 37.1 Å². The Hall–Kier alpha value is -5.71. The Labute approximate surface area is 264 Å². The van der Waals surface area contributed by atoms with Gasteiger partial charge in [-0.05, 0) is 71.1 Å². The van der Waals surface area contributed by atoms with Crippen molar-refractivity contribution in [1.82, 2.24) is 4.98 Å². The van der Waals surface area contributed by atoms with Crippen molar-refractivity contribution in [2.75, 3.05) is 4.90 Å². The summed E-state index contributed by atoms with van der Waals surface area (Å²) in [5.41, 5.74) is 8.14. The molecule has 212 valence electrons. The van der Waals surface area contributed by atoms with Gasteiger partial charge in [-0.3, -0.25) is 0 Å². The molecule has 7 aromatic carbocycles. The Balaban J connectivity index is 1.31. The van der Waals surface area contributed by atoms with Gasteiger partial charge >= 0.3 is 0 Å². The molecule has 0 saturated heterocycles. The molecular formula is C41H26N2OS. The van der Waals surface area contributed by atoms with Crippen LogP contribution in [0.5, 0.6) is 0 Å². The predicted octanol–water partition coefficient (Wildman–Crippen LogP) is 12.2. The molecule has 4 heteroatoms. The molecule has 2 aromatic heterocycles. The third-order valence-electron chi connectivity index (χ3n) is 8.47. The van der Waals surface area contributed by atoms with E-state index in [0.29, 0.717) is 5.89 Å². The highest BCUT2D eigenvalue weighted by Crippen LogP contribution is 2.45. The van der Waals surface area contributed by atoms with Gasteiger partial charge in [0.2, 0.25) is 5.89 Å². The first-order chi connectivity index (χ1) is 22.3. The smallest absolute Gasteiger partial charge is 0.227 e. The van der Waals surface area contributed by atoms with E-state index in [9.17, 15) is 0 Å². The lowest BCUT2D eigenvalue weighted by Crippen LogP contribution is -2.10. The second-order valence-electron chi connectivity index (χ2n) is 11.2. The molecule has 0 aliphatic rings. The van der Waals surface area contributed by atoms with Gasteiger partial charge in [-0.2, -0.15) is 0 Å². The van der Waals surface area contributed by atoms with Crippen LogP contribution in [0.3, 0.4) is 0 Å². The Morgan fingerprint density at radius 3 is 2.09 bits per heavy atom. The van der Waals surface area contributed by atoms with Crippen LogP contribution in [0, 0.1) is 0 Å². The molecule has 0 fully saturated rings. The fraction of sp³-hybridized carbons (Fsp3) is 0. The average molecular weight is 595 g/mol. The van der Waals surface area contributed by atoms with Crippen LogP contribution in [0.15, 0.2) is 162 Å². The molecule has 0 bridgehead atoms. The molecule has 0 amide bonds. The monoisotopic (exact) mass is 594 g/mol. The van der Waals surface area contributed by atoms with Crippen molar-refractivity contribution in [3.8, 4) is 22.6 Å². The number of anilines is 3. The molecule has 2 heterocycles. The topological polar surface area (TPSA) is 29.3 Å². The van der Waals surface area contributed by atoms with Gasteiger partial charge in [-0.15, -0.1) is 11.3 Å². The van der Waals surface area contributed by atoms with Crippen LogP contribution in [-0.4, -0.2) is 4.98 Å². The van der Waals surface area contributed by atoms with Gasteiger partial charge in [0.25, 0.3) is 0 Å². The number of fused-ring (bicyclic) bond motifs is 6. The van der Waals surface area contributed by atoms with E-state index in [1.807, 2.05) is 41.7 Å². The van der Waals surface area contributed by atoms with Gasteiger partial charge in [0.05, 0.1) is 11.1 Å². The summed E-state index contributed by atoms with van der Waals surface area (Å²) in [5, 5.41) is 4.71. The molecular weight excluding hydrogens is 569 g/mol. The summed E-state index contributed by atoms with van der Waals surface area (Å²) < 4.78 is 9.15. The van der Waals surface area contributed by atoms with Crippen LogP contribution < -0.4 is 4.90 Å². The Bertz CT molecular complexity index is 2500. The first kappa shape index (κ1) is 25.8. The van der Waals surface area contributed by atoms with Gasteiger partial charge in [0.15, 0.2) is 5.58 Å². The van der Waals surface area contributed by atoms with E-state index in [1.54, 1.807) is 0 Å². The molecule has 0 unspecified atom stereocenters. The summed E-state index contributed by atoms with van der Waals surface area (Å²) in [7, 11) is 0. The zero-order valence-corrected chi connectivity index (χ0v) is 25.0. The van der Waals surface area contributed by atoms with E-state index in [4.69, 9.17) is 9.40 Å². The van der Waals surface area contributed by atoms with E-state index < -0.39 is 0 Å². The minimum Gasteiger partial charge on any atom is -0.435 e. The quantitative estimate of drug-likeness (QED) is 0.198. The highest BCUT2D eigenvalue weighted by atomic mass is 32.1. The van der Waals surface area contributed by atoms with Crippen molar-refractivity contribution in [1.29, 1.82) is 0 Å². The predicted molar refractivity (Wildman–Crippen MR) is 190 cm³/mol. The second-order valence-corrected chi connectivity index (χ2v) is 12.3. The number of hydrogen-bond donors (Lipinski definition) is 0. The maximum atomic E-state index is 6.60. The molecule has 0 saturated carbocycles. The standard InChI is InChI=1S/C41H26N2OS/c1-3-11-27(12-4-1)30-16-9-17-31(25-30)43(32-22-23-34-33-18-7-8-20-37(33)45-38(34)26-32)36-19-10-15-28-21-24-35-40(39(28)36)44-41(42-35)29-13-5-2-6-14-29/h1-26H. The lowest BCUT2D eigenvalue weighted by atomic mass is 10.0. The first-order valence-corrected chi connectivity index (χ1v) is 15.9. The highest BCUT2D eigenvalue weighted by Gasteiger charge is 2.21. The summed E-state index contributed by atoms with van der Waals surface area (Å²) in [4.78, 5) is 7.28. The number of rotatable bonds is 5. The van der Waals surface area contributed by atoms with Gasteiger partial charge in [-0.1, -0.05) is 103 Å². The van der Waals surface area contributed by atoms with E-state index in [1.165, 1.54) is 25.7 Å². The number of hydrogen-bond acceptors (Lipinski definition) is 4. The third-order valence-corrected chi connectivity index (χ3v) is 9.60. The summed E-state index contributed by atoms with van der Waals surface area (Å²) in [6.07, 6.45) is 0. The van der Waals surface area contributed by atoms with E-state index >= 15 is 0 Å². The number of benzene rings is 7. The minimum atomic E-state index is 0.622. The molecule has 45 heavy (non-hydrogen) atoms. The number of oxazole rings is 1. The average Bonchev–Trinajstić information content (AvgIpc) is 3.71. The normalized spacial score (nSPS) is 11.6. The van der Waals surface area contributed by atoms with Crippen LogP contribution in [0.25, 0.3) is 64.6 Å². The van der Waals surface area contributed by atoms with Crippen molar-refractivity contribution in [2.24, 2.45) is 0 Å². The summed E-state index contributed by atoms with van der Waals surface area (Å²) >= 11 is 1.84. The minimum absolute atomic E-state index is 0.622. The Morgan fingerprint density at radius 1 is 0.511 bits per heavy atom. The van der Waals surface area contributed by atoms with Gasteiger partial charge in [0.1, 0.15) is 5.52 Å². The summed E-state index contributed by atoms with van der Waals surface area (Å²) in [6.45, 7) is 0. The summed E-state index contributed by atoms with van der Waals surface area (Å²) in [5.74, 6) is 0.622. The van der Waals surface area contributed by atoms with Crippen LogP contribution in [0.2, 0.25) is 0 Å². The third kappa shape index (κ3) is 4.38. The maximum absolute atomic E-state index is 6.60. The molecule has 0 aliphatic carbocycles. The SMILES string of the molecule is c1ccc(-c2cccc(N(c3ccc4c(c3)sc3ccccc34)c3cccc4ccc5nc(-c6ccccc6)oc5c34)c2)cc1. The zero-order valence-electron chi connectivity index (χ0n) is 24.2. The first-order valence-electron chi connectivity index (χ1n) is 15.0. The summed E-state index contributed by atoms with van der Waals surface area (Å²) in [6, 6.07) is 55.6. The van der Waals surface area contributed by atoms with Crippen molar-refractivity contribution in [3.63, 3.8) is 0 Å². The molecule has 0 N–H and O–H groups in total.